The first kappa shape index (κ1) is 32.3. The molecule has 0 bridgehead atoms. The second kappa shape index (κ2) is 15.3. The molecule has 0 spiro atoms. The van der Waals surface area contributed by atoms with Crippen LogP contribution in [0.15, 0.2) is 115 Å². The largest absolute Gasteiger partial charge is 0.507 e. The van der Waals surface area contributed by atoms with E-state index in [2.05, 4.69) is 6.92 Å². The SMILES string of the molecule is CCCCCCOc1ccc(-c2nc(-c3ccc(-c4cccc(OC)c4)cc3)nc(-c3ccc(-c4cccc(OC)c4)cc3)n2)c(O)c1. The first-order valence-electron chi connectivity index (χ1n) is 16.3. The van der Waals surface area contributed by atoms with Crippen molar-refractivity contribution in [2.24, 2.45) is 0 Å². The van der Waals surface area contributed by atoms with Crippen molar-refractivity contribution in [2.45, 2.75) is 32.6 Å². The van der Waals surface area contributed by atoms with E-state index in [1.807, 2.05) is 103 Å². The maximum atomic E-state index is 11.1. The second-order valence-corrected chi connectivity index (χ2v) is 11.5. The van der Waals surface area contributed by atoms with Gasteiger partial charge in [0.15, 0.2) is 17.5 Å². The first-order valence-corrected chi connectivity index (χ1v) is 16.3. The number of aromatic hydroxyl groups is 1. The maximum absolute atomic E-state index is 11.1. The highest BCUT2D eigenvalue weighted by molar-refractivity contribution is 5.74. The predicted octanol–water partition coefficient (Wildman–Crippen LogP) is 9.89. The fourth-order valence-corrected chi connectivity index (χ4v) is 5.49. The van der Waals surface area contributed by atoms with Gasteiger partial charge in [0.05, 0.1) is 26.4 Å². The Kier molecular flexibility index (Phi) is 10.3. The minimum atomic E-state index is 0.0471. The van der Waals surface area contributed by atoms with E-state index in [-0.39, 0.29) is 5.75 Å². The van der Waals surface area contributed by atoms with Gasteiger partial charge in [0.1, 0.15) is 23.0 Å². The van der Waals surface area contributed by atoms with Gasteiger partial charge in [-0.15, -0.1) is 0 Å². The van der Waals surface area contributed by atoms with Crippen LogP contribution in [0.25, 0.3) is 56.4 Å². The molecule has 1 heterocycles. The molecule has 6 aromatic rings. The van der Waals surface area contributed by atoms with Crippen LogP contribution in [0.4, 0.5) is 0 Å². The van der Waals surface area contributed by atoms with Crippen LogP contribution in [0, 0.1) is 0 Å². The summed E-state index contributed by atoms with van der Waals surface area (Å²) in [4.78, 5) is 14.6. The molecule has 242 valence electrons. The zero-order valence-corrected chi connectivity index (χ0v) is 27.5. The van der Waals surface area contributed by atoms with E-state index in [1.54, 1.807) is 26.4 Å². The third-order valence-electron chi connectivity index (χ3n) is 8.20. The molecule has 0 aliphatic rings. The van der Waals surface area contributed by atoms with Crippen molar-refractivity contribution < 1.29 is 19.3 Å². The van der Waals surface area contributed by atoms with Crippen LogP contribution in [0.5, 0.6) is 23.0 Å². The Bertz CT molecular complexity index is 1870. The lowest BCUT2D eigenvalue weighted by molar-refractivity contribution is 0.303. The Morgan fingerprint density at radius 3 is 1.52 bits per heavy atom. The number of methoxy groups -OCH3 is 2. The second-order valence-electron chi connectivity index (χ2n) is 11.5. The molecule has 0 atom stereocenters. The summed E-state index contributed by atoms with van der Waals surface area (Å²) in [5, 5.41) is 11.1. The summed E-state index contributed by atoms with van der Waals surface area (Å²) >= 11 is 0. The van der Waals surface area contributed by atoms with Gasteiger partial charge in [-0.2, -0.15) is 0 Å². The smallest absolute Gasteiger partial charge is 0.167 e. The average molecular weight is 638 g/mol. The van der Waals surface area contributed by atoms with Crippen LogP contribution in [-0.2, 0) is 0 Å². The first-order chi connectivity index (χ1) is 23.5. The van der Waals surface area contributed by atoms with E-state index < -0.39 is 0 Å². The van der Waals surface area contributed by atoms with Crippen molar-refractivity contribution in [3.63, 3.8) is 0 Å². The molecule has 0 unspecified atom stereocenters. The third-order valence-corrected chi connectivity index (χ3v) is 8.20. The summed E-state index contributed by atoms with van der Waals surface area (Å²) in [5.74, 6) is 3.63. The van der Waals surface area contributed by atoms with Crippen LogP contribution < -0.4 is 14.2 Å². The van der Waals surface area contributed by atoms with E-state index in [1.165, 1.54) is 12.8 Å². The minimum Gasteiger partial charge on any atom is -0.507 e. The Hall–Kier alpha value is -5.69. The minimum absolute atomic E-state index is 0.0471. The van der Waals surface area contributed by atoms with Gasteiger partial charge < -0.3 is 19.3 Å². The highest BCUT2D eigenvalue weighted by atomic mass is 16.5. The maximum Gasteiger partial charge on any atom is 0.167 e. The lowest BCUT2D eigenvalue weighted by Gasteiger charge is -2.12. The number of hydrogen-bond acceptors (Lipinski definition) is 7. The zero-order valence-electron chi connectivity index (χ0n) is 27.5. The van der Waals surface area contributed by atoms with Gasteiger partial charge in [-0.05, 0) is 65.1 Å². The van der Waals surface area contributed by atoms with Crippen molar-refractivity contribution >= 4 is 0 Å². The Morgan fingerprint density at radius 1 is 0.500 bits per heavy atom. The van der Waals surface area contributed by atoms with Gasteiger partial charge in [0, 0.05) is 17.2 Å². The number of aromatic nitrogens is 3. The molecule has 1 aromatic heterocycles. The molecule has 7 heteroatoms. The molecule has 1 N–H and O–H groups in total. The molecule has 0 saturated heterocycles. The number of unbranched alkanes of at least 4 members (excludes halogenated alkanes) is 3. The topological polar surface area (TPSA) is 86.6 Å². The molecule has 6 rings (SSSR count). The van der Waals surface area contributed by atoms with Gasteiger partial charge >= 0.3 is 0 Å². The standard InChI is InChI=1S/C41H39N3O4/c1-4-5-6-7-24-48-36-22-23-37(38(45)27-36)41-43-39(30-18-14-28(15-19-30)32-10-8-12-34(25-32)46-2)42-40(44-41)31-20-16-29(17-21-31)33-11-9-13-35(26-33)47-3/h8-23,25-27,45H,4-7,24H2,1-3H3. The van der Waals surface area contributed by atoms with Crippen molar-refractivity contribution in [1.29, 1.82) is 0 Å². The number of rotatable bonds is 13. The fourth-order valence-electron chi connectivity index (χ4n) is 5.49. The lowest BCUT2D eigenvalue weighted by Crippen LogP contribution is -2.01. The van der Waals surface area contributed by atoms with E-state index in [9.17, 15) is 5.11 Å². The molecule has 0 saturated carbocycles. The summed E-state index contributed by atoms with van der Waals surface area (Å²) in [6, 6.07) is 37.4. The van der Waals surface area contributed by atoms with E-state index in [4.69, 9.17) is 29.2 Å². The van der Waals surface area contributed by atoms with Crippen LogP contribution in [0.2, 0.25) is 0 Å². The van der Waals surface area contributed by atoms with Crippen molar-refractivity contribution in [3.8, 4) is 79.4 Å². The molecule has 0 fully saturated rings. The highest BCUT2D eigenvalue weighted by Crippen LogP contribution is 2.34. The molecule has 5 aromatic carbocycles. The highest BCUT2D eigenvalue weighted by Gasteiger charge is 2.16. The molecule has 7 nitrogen and oxygen atoms in total. The molecule has 0 amide bonds. The summed E-state index contributed by atoms with van der Waals surface area (Å²) in [7, 11) is 3.33. The van der Waals surface area contributed by atoms with E-state index in [0.29, 0.717) is 35.4 Å². The molecule has 0 aliphatic carbocycles. The molecule has 0 aliphatic heterocycles. The molecule has 0 radical (unpaired) electrons. The normalized spacial score (nSPS) is 10.9. The zero-order chi connectivity index (χ0) is 33.3. The van der Waals surface area contributed by atoms with Crippen molar-refractivity contribution in [1.82, 2.24) is 15.0 Å². The summed E-state index contributed by atoms with van der Waals surface area (Å²) in [6.45, 7) is 2.79. The quantitative estimate of drug-likeness (QED) is 0.126. The summed E-state index contributed by atoms with van der Waals surface area (Å²) in [6.07, 6.45) is 4.46. The molecular formula is C41H39N3O4. The Morgan fingerprint density at radius 2 is 1.02 bits per heavy atom. The van der Waals surface area contributed by atoms with Gasteiger partial charge in [0.2, 0.25) is 0 Å². The van der Waals surface area contributed by atoms with Gasteiger partial charge in [-0.3, -0.25) is 0 Å². The van der Waals surface area contributed by atoms with E-state index >= 15 is 0 Å². The number of phenolic OH excluding ortho intramolecular Hbond substituents is 1. The van der Waals surface area contributed by atoms with Crippen molar-refractivity contribution in [3.05, 3.63) is 115 Å². The van der Waals surface area contributed by atoms with Crippen LogP contribution in [-0.4, -0.2) is 40.9 Å². The fraction of sp³-hybridized carbons (Fsp3) is 0.195. The monoisotopic (exact) mass is 637 g/mol. The third kappa shape index (κ3) is 7.64. The number of ether oxygens (including phenoxy) is 3. The molecular weight excluding hydrogens is 598 g/mol. The predicted molar refractivity (Wildman–Crippen MR) is 191 cm³/mol. The average Bonchev–Trinajstić information content (AvgIpc) is 3.15. The van der Waals surface area contributed by atoms with E-state index in [0.717, 1.165) is 57.7 Å². The van der Waals surface area contributed by atoms with Crippen LogP contribution in [0.1, 0.15) is 32.6 Å². The number of hydrogen-bond donors (Lipinski definition) is 1. The van der Waals surface area contributed by atoms with Crippen LogP contribution in [0.3, 0.4) is 0 Å². The van der Waals surface area contributed by atoms with Gasteiger partial charge in [0.25, 0.3) is 0 Å². The number of nitrogens with zero attached hydrogens (tertiary/aromatic N) is 3. The van der Waals surface area contributed by atoms with Crippen LogP contribution >= 0.6 is 0 Å². The van der Waals surface area contributed by atoms with Gasteiger partial charge in [-0.1, -0.05) is 99.0 Å². The Balaban J connectivity index is 1.35. The Labute approximate surface area is 281 Å². The summed E-state index contributed by atoms with van der Waals surface area (Å²) in [5.41, 5.74) is 6.33. The lowest BCUT2D eigenvalue weighted by atomic mass is 10.0. The molecule has 48 heavy (non-hydrogen) atoms. The summed E-state index contributed by atoms with van der Waals surface area (Å²) < 4.78 is 16.7. The number of benzene rings is 5. The number of phenols is 1. The van der Waals surface area contributed by atoms with Gasteiger partial charge in [-0.25, -0.2) is 15.0 Å². The van der Waals surface area contributed by atoms with Crippen molar-refractivity contribution in [2.75, 3.05) is 20.8 Å².